The van der Waals surface area contributed by atoms with Gasteiger partial charge in [0.05, 0.1) is 11.3 Å². The number of aliphatic hydroxyl groups is 1. The third kappa shape index (κ3) is 1.91. The van der Waals surface area contributed by atoms with Crippen molar-refractivity contribution in [2.24, 2.45) is 0 Å². The second-order valence-corrected chi connectivity index (χ2v) is 4.60. The van der Waals surface area contributed by atoms with Gasteiger partial charge in [0, 0.05) is 17.7 Å². The van der Waals surface area contributed by atoms with Crippen LogP contribution in [0.4, 0.5) is 4.39 Å². The van der Waals surface area contributed by atoms with Crippen molar-refractivity contribution in [3.05, 3.63) is 28.1 Å². The Hall–Kier alpha value is -1.47. The summed E-state index contributed by atoms with van der Waals surface area (Å²) < 4.78 is 14.2. The van der Waals surface area contributed by atoms with Crippen LogP contribution in [0.2, 0.25) is 0 Å². The molecule has 0 saturated heterocycles. The van der Waals surface area contributed by atoms with Crippen LogP contribution in [0.25, 0.3) is 0 Å². The van der Waals surface area contributed by atoms with E-state index in [1.54, 1.807) is 13.8 Å². The first-order valence-corrected chi connectivity index (χ1v) is 5.79. The van der Waals surface area contributed by atoms with Crippen molar-refractivity contribution in [1.29, 1.82) is 5.26 Å². The second kappa shape index (κ2) is 4.08. The zero-order valence-electron chi connectivity index (χ0n) is 10.0. The minimum atomic E-state index is -2.35. The molecule has 2 rings (SSSR count). The SMILES string of the molecule is Cc1nc2c(c(C)c1C#N)C(O)(F)CCCC2. The van der Waals surface area contributed by atoms with Crippen molar-refractivity contribution in [3.63, 3.8) is 0 Å². The van der Waals surface area contributed by atoms with Gasteiger partial charge < -0.3 is 5.11 Å². The van der Waals surface area contributed by atoms with Crippen LogP contribution in [0.1, 0.15) is 47.3 Å². The molecule has 1 atom stereocenters. The molecule has 1 N–H and O–H groups in total. The fourth-order valence-electron chi connectivity index (χ4n) is 2.56. The lowest BCUT2D eigenvalue weighted by molar-refractivity contribution is -0.103. The van der Waals surface area contributed by atoms with Gasteiger partial charge >= 0.3 is 0 Å². The maximum atomic E-state index is 14.2. The van der Waals surface area contributed by atoms with Gasteiger partial charge in [-0.2, -0.15) is 5.26 Å². The number of nitriles is 1. The van der Waals surface area contributed by atoms with E-state index in [0.717, 1.165) is 6.42 Å². The first-order valence-electron chi connectivity index (χ1n) is 5.79. The normalized spacial score (nSPS) is 23.7. The van der Waals surface area contributed by atoms with Crippen LogP contribution < -0.4 is 0 Å². The molecule has 0 radical (unpaired) electrons. The van der Waals surface area contributed by atoms with Crippen LogP contribution in [0, 0.1) is 25.2 Å². The number of halogens is 1. The van der Waals surface area contributed by atoms with Gasteiger partial charge in [-0.1, -0.05) is 0 Å². The van der Waals surface area contributed by atoms with E-state index in [-0.39, 0.29) is 12.0 Å². The number of hydrogen-bond acceptors (Lipinski definition) is 3. The molecule has 0 fully saturated rings. The molecule has 0 spiro atoms. The largest absolute Gasteiger partial charge is 0.358 e. The van der Waals surface area contributed by atoms with E-state index in [2.05, 4.69) is 4.98 Å². The molecule has 1 aromatic heterocycles. The highest BCUT2D eigenvalue weighted by molar-refractivity contribution is 5.48. The lowest BCUT2D eigenvalue weighted by Gasteiger charge is -2.22. The van der Waals surface area contributed by atoms with Gasteiger partial charge in [0.1, 0.15) is 6.07 Å². The molecule has 1 heterocycles. The Balaban J connectivity index is 2.74. The molecule has 0 saturated carbocycles. The molecule has 3 nitrogen and oxygen atoms in total. The molecule has 1 unspecified atom stereocenters. The molecule has 1 aliphatic carbocycles. The summed E-state index contributed by atoms with van der Waals surface area (Å²) in [5, 5.41) is 18.9. The van der Waals surface area contributed by atoms with E-state index >= 15 is 0 Å². The Kier molecular flexibility index (Phi) is 2.88. The van der Waals surface area contributed by atoms with Crippen molar-refractivity contribution in [2.75, 3.05) is 0 Å². The molecular formula is C13H15FN2O. The highest BCUT2D eigenvalue weighted by Gasteiger charge is 2.36. The molecule has 90 valence electrons. The fraction of sp³-hybridized carbons (Fsp3) is 0.538. The van der Waals surface area contributed by atoms with Crippen molar-refractivity contribution in [1.82, 2.24) is 4.98 Å². The summed E-state index contributed by atoms with van der Waals surface area (Å²) in [6, 6.07) is 2.03. The van der Waals surface area contributed by atoms with Gasteiger partial charge in [0.2, 0.25) is 5.85 Å². The molecule has 17 heavy (non-hydrogen) atoms. The Labute approximate surface area is 99.9 Å². The molecule has 0 aromatic carbocycles. The quantitative estimate of drug-likeness (QED) is 0.701. The lowest BCUT2D eigenvalue weighted by atomic mass is 9.94. The summed E-state index contributed by atoms with van der Waals surface area (Å²) in [7, 11) is 0. The summed E-state index contributed by atoms with van der Waals surface area (Å²) in [4.78, 5) is 4.28. The number of nitrogens with zero attached hydrogens (tertiary/aromatic N) is 2. The molecule has 0 aliphatic heterocycles. The summed E-state index contributed by atoms with van der Waals surface area (Å²) in [6.07, 6.45) is 2.19. The van der Waals surface area contributed by atoms with Crippen LogP contribution in [-0.2, 0) is 12.3 Å². The number of alkyl halides is 1. The number of rotatable bonds is 0. The minimum Gasteiger partial charge on any atom is -0.358 e. The van der Waals surface area contributed by atoms with Gasteiger partial charge in [0.25, 0.3) is 0 Å². The van der Waals surface area contributed by atoms with Gasteiger partial charge in [0.15, 0.2) is 0 Å². The number of aromatic nitrogens is 1. The Morgan fingerprint density at radius 3 is 2.76 bits per heavy atom. The maximum absolute atomic E-state index is 14.2. The van der Waals surface area contributed by atoms with E-state index in [1.807, 2.05) is 6.07 Å². The Morgan fingerprint density at radius 2 is 2.12 bits per heavy atom. The van der Waals surface area contributed by atoms with Crippen LogP contribution in [0.15, 0.2) is 0 Å². The summed E-state index contributed by atoms with van der Waals surface area (Å²) >= 11 is 0. The smallest absolute Gasteiger partial charge is 0.235 e. The maximum Gasteiger partial charge on any atom is 0.235 e. The molecule has 0 bridgehead atoms. The van der Waals surface area contributed by atoms with E-state index in [0.29, 0.717) is 35.4 Å². The van der Waals surface area contributed by atoms with Gasteiger partial charge in [-0.25, -0.2) is 4.39 Å². The van der Waals surface area contributed by atoms with Crippen molar-refractivity contribution >= 4 is 0 Å². The summed E-state index contributed by atoms with van der Waals surface area (Å²) in [5.74, 6) is -2.35. The molecule has 1 aromatic rings. The number of hydrogen-bond donors (Lipinski definition) is 1. The van der Waals surface area contributed by atoms with Crippen LogP contribution >= 0.6 is 0 Å². The topological polar surface area (TPSA) is 56.9 Å². The average Bonchev–Trinajstić information content (AvgIpc) is 2.37. The molecular weight excluding hydrogens is 219 g/mol. The van der Waals surface area contributed by atoms with E-state index in [1.165, 1.54) is 0 Å². The van der Waals surface area contributed by atoms with Gasteiger partial charge in [-0.3, -0.25) is 4.98 Å². The molecule has 4 heteroatoms. The average molecular weight is 234 g/mol. The second-order valence-electron chi connectivity index (χ2n) is 4.60. The summed E-state index contributed by atoms with van der Waals surface area (Å²) in [6.45, 7) is 3.43. The van der Waals surface area contributed by atoms with E-state index in [4.69, 9.17) is 5.26 Å². The third-order valence-corrected chi connectivity index (χ3v) is 3.37. The van der Waals surface area contributed by atoms with E-state index in [9.17, 15) is 9.50 Å². The van der Waals surface area contributed by atoms with Crippen LogP contribution in [0.3, 0.4) is 0 Å². The van der Waals surface area contributed by atoms with Crippen molar-refractivity contribution < 1.29 is 9.50 Å². The van der Waals surface area contributed by atoms with Crippen LogP contribution in [0.5, 0.6) is 0 Å². The Morgan fingerprint density at radius 1 is 1.41 bits per heavy atom. The first-order chi connectivity index (χ1) is 7.97. The highest BCUT2D eigenvalue weighted by Crippen LogP contribution is 2.38. The van der Waals surface area contributed by atoms with Crippen molar-refractivity contribution in [2.45, 2.75) is 45.4 Å². The lowest BCUT2D eigenvalue weighted by Crippen LogP contribution is -2.23. The van der Waals surface area contributed by atoms with Gasteiger partial charge in [-0.05, 0) is 38.7 Å². The number of aryl methyl sites for hydroxylation is 2. The predicted octanol–water partition coefficient (Wildman–Crippen LogP) is 2.41. The summed E-state index contributed by atoms with van der Waals surface area (Å²) in [5.41, 5.74) is 2.34. The molecule has 1 aliphatic rings. The fourth-order valence-corrected chi connectivity index (χ4v) is 2.56. The standard InChI is InChI=1S/C13H15FN2O/c1-8-10(7-15)9(2)16-11-5-3-4-6-13(14,17)12(8)11/h17H,3-6H2,1-2H3. The first kappa shape index (κ1) is 12.0. The predicted molar refractivity (Wildman–Crippen MR) is 61.0 cm³/mol. The van der Waals surface area contributed by atoms with E-state index < -0.39 is 5.85 Å². The third-order valence-electron chi connectivity index (χ3n) is 3.37. The minimum absolute atomic E-state index is 0.0798. The highest BCUT2D eigenvalue weighted by atomic mass is 19.2. The van der Waals surface area contributed by atoms with Gasteiger partial charge in [-0.15, -0.1) is 0 Å². The monoisotopic (exact) mass is 234 g/mol. The number of fused-ring (bicyclic) bond motifs is 1. The number of pyridine rings is 1. The van der Waals surface area contributed by atoms with Crippen LogP contribution in [-0.4, -0.2) is 10.1 Å². The zero-order valence-corrected chi connectivity index (χ0v) is 10.0. The molecule has 0 amide bonds. The van der Waals surface area contributed by atoms with Crippen molar-refractivity contribution in [3.8, 4) is 6.07 Å². The Bertz CT molecular complexity index is 503. The zero-order chi connectivity index (χ0) is 12.6.